The van der Waals surface area contributed by atoms with Gasteiger partial charge in [0.25, 0.3) is 0 Å². The first-order valence-corrected chi connectivity index (χ1v) is 9.15. The summed E-state index contributed by atoms with van der Waals surface area (Å²) in [5, 5.41) is 1.64. The van der Waals surface area contributed by atoms with Gasteiger partial charge in [0, 0.05) is 11.2 Å². The SMILES string of the molecule is CCCCC[C@H](CCCCCCBr)C(=O)CBr. The number of alkyl halides is 2. The Morgan fingerprint density at radius 3 is 2.06 bits per heavy atom. The van der Waals surface area contributed by atoms with Gasteiger partial charge in [0.1, 0.15) is 5.78 Å². The lowest BCUT2D eigenvalue weighted by Gasteiger charge is -2.14. The second-order valence-electron chi connectivity index (χ2n) is 4.68. The number of Topliss-reactive ketones (excluding diaryl/α,β-unsaturated/α-hetero) is 1. The van der Waals surface area contributed by atoms with E-state index in [1.807, 2.05) is 0 Å². The van der Waals surface area contributed by atoms with Crippen LogP contribution >= 0.6 is 31.9 Å². The molecule has 3 heteroatoms. The first-order valence-electron chi connectivity index (χ1n) is 6.90. The van der Waals surface area contributed by atoms with E-state index >= 15 is 0 Å². The molecule has 0 aromatic heterocycles. The largest absolute Gasteiger partial charge is 0.298 e. The van der Waals surface area contributed by atoms with Crippen LogP contribution in [0.4, 0.5) is 0 Å². The van der Waals surface area contributed by atoms with Gasteiger partial charge < -0.3 is 0 Å². The minimum absolute atomic E-state index is 0.310. The zero-order valence-electron chi connectivity index (χ0n) is 11.0. The van der Waals surface area contributed by atoms with E-state index in [1.54, 1.807) is 0 Å². The highest BCUT2D eigenvalue weighted by molar-refractivity contribution is 9.09. The Labute approximate surface area is 123 Å². The number of halogens is 2. The Bertz CT molecular complexity index is 183. The Kier molecular flexibility index (Phi) is 13.6. The summed E-state index contributed by atoms with van der Waals surface area (Å²) in [6, 6.07) is 0. The topological polar surface area (TPSA) is 17.1 Å². The molecule has 0 rings (SSSR count). The smallest absolute Gasteiger partial charge is 0.146 e. The molecule has 0 saturated carbocycles. The maximum atomic E-state index is 11.8. The van der Waals surface area contributed by atoms with Gasteiger partial charge in [0.15, 0.2) is 0 Å². The van der Waals surface area contributed by atoms with Crippen molar-refractivity contribution < 1.29 is 4.79 Å². The third-order valence-electron chi connectivity index (χ3n) is 3.18. The molecule has 1 nitrogen and oxygen atoms in total. The summed E-state index contributed by atoms with van der Waals surface area (Å²) in [7, 11) is 0. The molecule has 0 N–H and O–H groups in total. The van der Waals surface area contributed by atoms with Crippen molar-refractivity contribution in [3.8, 4) is 0 Å². The van der Waals surface area contributed by atoms with Crippen molar-refractivity contribution in [2.75, 3.05) is 10.7 Å². The zero-order valence-corrected chi connectivity index (χ0v) is 14.2. The predicted octanol–water partition coefficient (Wildman–Crippen LogP) is 5.49. The molecule has 0 aliphatic carbocycles. The van der Waals surface area contributed by atoms with Crippen LogP contribution in [-0.4, -0.2) is 16.4 Å². The van der Waals surface area contributed by atoms with Crippen molar-refractivity contribution in [2.45, 2.75) is 64.7 Å². The molecule has 0 saturated heterocycles. The second-order valence-corrected chi connectivity index (χ2v) is 6.04. The van der Waals surface area contributed by atoms with E-state index < -0.39 is 0 Å². The molecule has 0 heterocycles. The summed E-state index contributed by atoms with van der Waals surface area (Å²) in [6.45, 7) is 2.21. The Morgan fingerprint density at radius 2 is 1.53 bits per heavy atom. The fourth-order valence-corrected chi connectivity index (χ4v) is 2.91. The number of hydrogen-bond acceptors (Lipinski definition) is 1. The summed E-state index contributed by atoms with van der Waals surface area (Å²) >= 11 is 6.75. The summed E-state index contributed by atoms with van der Waals surface area (Å²) < 4.78 is 0. The lowest BCUT2D eigenvalue weighted by atomic mass is 9.92. The molecule has 0 unspecified atom stereocenters. The number of ketones is 1. The van der Waals surface area contributed by atoms with Crippen molar-refractivity contribution in [1.82, 2.24) is 0 Å². The van der Waals surface area contributed by atoms with Gasteiger partial charge in [0.05, 0.1) is 5.33 Å². The molecule has 17 heavy (non-hydrogen) atoms. The number of hydrogen-bond donors (Lipinski definition) is 0. The summed E-state index contributed by atoms with van der Waals surface area (Å²) in [4.78, 5) is 11.8. The molecular formula is C14H26Br2O. The third-order valence-corrected chi connectivity index (χ3v) is 4.29. The van der Waals surface area contributed by atoms with E-state index in [0.717, 1.165) is 18.2 Å². The van der Waals surface area contributed by atoms with Crippen molar-refractivity contribution in [2.24, 2.45) is 5.92 Å². The molecule has 0 aliphatic rings. The molecule has 0 aliphatic heterocycles. The van der Waals surface area contributed by atoms with Crippen LogP contribution in [0.1, 0.15) is 64.7 Å². The minimum Gasteiger partial charge on any atom is -0.298 e. The predicted molar refractivity (Wildman–Crippen MR) is 83.3 cm³/mol. The number of carbonyl (C=O) groups excluding carboxylic acids is 1. The molecule has 0 radical (unpaired) electrons. The summed E-state index contributed by atoms with van der Waals surface area (Å²) in [6.07, 6.45) is 10.9. The fourth-order valence-electron chi connectivity index (χ4n) is 2.05. The standard InChI is InChI=1S/C14H26Br2O/c1-2-3-6-9-13(14(17)12-16)10-7-4-5-8-11-15/h13H,2-12H2,1H3/t13-/m1/s1. The molecule has 0 aromatic rings. The van der Waals surface area contributed by atoms with Crippen LogP contribution in [0.3, 0.4) is 0 Å². The number of rotatable bonds is 12. The van der Waals surface area contributed by atoms with Crippen LogP contribution in [0.25, 0.3) is 0 Å². The highest BCUT2D eigenvalue weighted by atomic mass is 79.9. The van der Waals surface area contributed by atoms with Crippen molar-refractivity contribution in [3.63, 3.8) is 0 Å². The van der Waals surface area contributed by atoms with Gasteiger partial charge in [-0.15, -0.1) is 0 Å². The molecule has 0 spiro atoms. The minimum atomic E-state index is 0.310. The normalized spacial score (nSPS) is 12.6. The van der Waals surface area contributed by atoms with E-state index in [1.165, 1.54) is 44.9 Å². The van der Waals surface area contributed by atoms with Gasteiger partial charge >= 0.3 is 0 Å². The van der Waals surface area contributed by atoms with E-state index in [-0.39, 0.29) is 0 Å². The molecule has 1 atom stereocenters. The van der Waals surface area contributed by atoms with Crippen LogP contribution in [0, 0.1) is 5.92 Å². The third kappa shape index (κ3) is 10.3. The van der Waals surface area contributed by atoms with E-state index in [9.17, 15) is 4.79 Å². The van der Waals surface area contributed by atoms with E-state index in [0.29, 0.717) is 17.0 Å². The van der Waals surface area contributed by atoms with Crippen LogP contribution in [0.2, 0.25) is 0 Å². The monoisotopic (exact) mass is 368 g/mol. The van der Waals surface area contributed by atoms with Crippen LogP contribution in [-0.2, 0) is 4.79 Å². The Hall–Kier alpha value is 0.630. The molecule has 0 amide bonds. The number of carbonyl (C=O) groups is 1. The van der Waals surface area contributed by atoms with Crippen molar-refractivity contribution in [1.29, 1.82) is 0 Å². The second kappa shape index (κ2) is 13.1. The maximum Gasteiger partial charge on any atom is 0.146 e. The maximum absolute atomic E-state index is 11.8. The fraction of sp³-hybridized carbons (Fsp3) is 0.929. The van der Waals surface area contributed by atoms with Crippen LogP contribution in [0.5, 0.6) is 0 Å². The van der Waals surface area contributed by atoms with Crippen molar-refractivity contribution in [3.05, 3.63) is 0 Å². The van der Waals surface area contributed by atoms with Gasteiger partial charge in [-0.3, -0.25) is 4.79 Å². The van der Waals surface area contributed by atoms with Gasteiger partial charge in [-0.25, -0.2) is 0 Å². The number of unbranched alkanes of at least 4 members (excludes halogenated alkanes) is 5. The van der Waals surface area contributed by atoms with Gasteiger partial charge in [-0.1, -0.05) is 77.3 Å². The van der Waals surface area contributed by atoms with E-state index in [2.05, 4.69) is 38.8 Å². The summed E-state index contributed by atoms with van der Waals surface area (Å²) in [5.41, 5.74) is 0. The highest BCUT2D eigenvalue weighted by Crippen LogP contribution is 2.19. The van der Waals surface area contributed by atoms with Gasteiger partial charge in [0.2, 0.25) is 0 Å². The lowest BCUT2D eigenvalue weighted by Crippen LogP contribution is -2.15. The quantitative estimate of drug-likeness (QED) is 0.328. The first kappa shape index (κ1) is 17.6. The van der Waals surface area contributed by atoms with E-state index in [4.69, 9.17) is 0 Å². The Balaban J connectivity index is 3.73. The average Bonchev–Trinajstić information content (AvgIpc) is 2.35. The lowest BCUT2D eigenvalue weighted by molar-refractivity contribution is -0.120. The molecule has 0 fully saturated rings. The van der Waals surface area contributed by atoms with Crippen molar-refractivity contribution >= 4 is 37.6 Å². The molecule has 0 bridgehead atoms. The first-order chi connectivity index (χ1) is 8.26. The summed E-state index contributed by atoms with van der Waals surface area (Å²) in [5.74, 6) is 0.714. The molecule has 0 aromatic carbocycles. The van der Waals surface area contributed by atoms with Gasteiger partial charge in [-0.2, -0.15) is 0 Å². The molecular weight excluding hydrogens is 344 g/mol. The van der Waals surface area contributed by atoms with Crippen LogP contribution in [0.15, 0.2) is 0 Å². The van der Waals surface area contributed by atoms with Gasteiger partial charge in [-0.05, 0) is 19.3 Å². The van der Waals surface area contributed by atoms with Crippen LogP contribution < -0.4 is 0 Å². The highest BCUT2D eigenvalue weighted by Gasteiger charge is 2.15. The molecule has 102 valence electrons. The Morgan fingerprint density at radius 1 is 0.941 bits per heavy atom. The average molecular weight is 370 g/mol. The zero-order chi connectivity index (χ0) is 12.9.